The van der Waals surface area contributed by atoms with Crippen LogP contribution in [0.2, 0.25) is 0 Å². The number of aryl methyl sites for hydroxylation is 1. The molecule has 4 aromatic rings. The van der Waals surface area contributed by atoms with Gasteiger partial charge in [-0.1, -0.05) is 34.8 Å². The molecule has 0 saturated heterocycles. The summed E-state index contributed by atoms with van der Waals surface area (Å²) in [5.41, 5.74) is 7.11. The number of hydrogen-bond donors (Lipinski definition) is 0. The van der Waals surface area contributed by atoms with E-state index in [2.05, 4.69) is 102 Å². The van der Waals surface area contributed by atoms with Crippen LogP contribution < -0.4 is 13.5 Å². The van der Waals surface area contributed by atoms with Crippen molar-refractivity contribution < 1.29 is 8.81 Å². The second-order valence-electron chi connectivity index (χ2n) is 9.92. The van der Waals surface area contributed by atoms with Crippen LogP contribution in [-0.4, -0.2) is 12.5 Å². The molecule has 6 rings (SSSR count). The van der Waals surface area contributed by atoms with Crippen molar-refractivity contribution in [1.29, 1.82) is 0 Å². The van der Waals surface area contributed by atoms with E-state index in [0.29, 0.717) is 5.92 Å². The number of nitrogens with zero attached hydrogens (tertiary/aromatic N) is 2. The van der Waals surface area contributed by atoms with Gasteiger partial charge in [0.05, 0.1) is 0 Å². The summed E-state index contributed by atoms with van der Waals surface area (Å²) < 4.78 is 8.89. The van der Waals surface area contributed by atoms with E-state index in [1.54, 1.807) is 11.8 Å². The predicted molar refractivity (Wildman–Crippen MR) is 169 cm³/mol. The highest BCUT2D eigenvalue weighted by Gasteiger charge is 2.25. The number of fused-ring (bicyclic) bond motifs is 3. The first-order valence-corrected chi connectivity index (χ1v) is 17.5. The number of benzene rings is 2. The lowest BCUT2D eigenvalue weighted by Crippen LogP contribution is -2.33. The van der Waals surface area contributed by atoms with Crippen LogP contribution in [0.15, 0.2) is 75.1 Å². The molecule has 6 heteroatoms. The molecule has 2 aromatic heterocycles. The summed E-state index contributed by atoms with van der Waals surface area (Å²) >= 11 is 7.44. The molecule has 0 radical (unpaired) electrons. The van der Waals surface area contributed by atoms with Crippen molar-refractivity contribution >= 4 is 78.8 Å². The molecule has 0 bridgehead atoms. The topological polar surface area (TPSA) is 9.78 Å². The zero-order chi connectivity index (χ0) is 26.2. The quantitative estimate of drug-likeness (QED) is 0.176. The Morgan fingerprint density at radius 2 is 1.61 bits per heavy atom. The van der Waals surface area contributed by atoms with E-state index in [1.807, 2.05) is 34.4 Å². The summed E-state index contributed by atoms with van der Waals surface area (Å²) in [7, 11) is 0. The predicted octanol–water partition coefficient (Wildman–Crippen LogP) is 8.11. The zero-order valence-electron chi connectivity index (χ0n) is 22.5. The van der Waals surface area contributed by atoms with E-state index in [4.69, 9.17) is 0 Å². The molecular formula is C32H34N2S4+2. The van der Waals surface area contributed by atoms with Crippen molar-refractivity contribution in [2.75, 3.05) is 12.5 Å². The molecule has 2 heterocycles. The Balaban J connectivity index is 1.38. The Bertz CT molecular complexity index is 1750. The minimum Gasteiger partial charge on any atom is -0.182 e. The highest BCUT2D eigenvalue weighted by atomic mass is 32.2. The second kappa shape index (κ2) is 11.2. The standard InChI is InChI=1S/C32H34N2S4/c1-5-33-27-19-25(35-3)11-13-29(27)37-31(33)17-21-7-9-23-10-8-22(16-24(23)15-21)18-32-34(6-2)28-20-26(36-4)12-14-30(28)38-32/h5,11-20,23H,6-10H2,1-4H3/q+2/b22-18+,31-17-,33-5+. The SMILES string of the molecule is C/C=[n+]1/c(=C/C2=CC3=C/C(=C/c4sc5ccc(SC)cc5[n+]4CC)CCC3CC2)sc2ccc(SC)cc21. The lowest BCUT2D eigenvalue weighted by atomic mass is 9.77. The van der Waals surface area contributed by atoms with Gasteiger partial charge >= 0.3 is 0 Å². The van der Waals surface area contributed by atoms with E-state index in [1.165, 1.54) is 82.3 Å². The molecular weight excluding hydrogens is 541 g/mol. The van der Waals surface area contributed by atoms with Gasteiger partial charge < -0.3 is 0 Å². The van der Waals surface area contributed by atoms with Gasteiger partial charge in [-0.3, -0.25) is 0 Å². The van der Waals surface area contributed by atoms with E-state index in [0.717, 1.165) is 6.54 Å². The van der Waals surface area contributed by atoms with Crippen LogP contribution in [0.4, 0.5) is 0 Å². The number of thioether (sulfide) groups is 2. The van der Waals surface area contributed by atoms with E-state index in [-0.39, 0.29) is 0 Å². The molecule has 1 unspecified atom stereocenters. The number of aromatic nitrogens is 2. The normalized spacial score (nSPS) is 19.9. The molecule has 194 valence electrons. The van der Waals surface area contributed by atoms with E-state index >= 15 is 0 Å². The van der Waals surface area contributed by atoms with Crippen LogP contribution in [0.1, 0.15) is 44.5 Å². The Morgan fingerprint density at radius 3 is 2.32 bits per heavy atom. The number of rotatable bonds is 5. The number of allylic oxidation sites excluding steroid dienone is 5. The maximum absolute atomic E-state index is 2.49. The highest BCUT2D eigenvalue weighted by Crippen LogP contribution is 2.38. The van der Waals surface area contributed by atoms with Crippen LogP contribution in [0.5, 0.6) is 0 Å². The van der Waals surface area contributed by atoms with Gasteiger partial charge in [-0.05, 0) is 92.0 Å². The second-order valence-corrected chi connectivity index (χ2v) is 13.8. The Hall–Kier alpha value is -2.12. The average molecular weight is 575 g/mol. The lowest BCUT2D eigenvalue weighted by molar-refractivity contribution is -0.665. The van der Waals surface area contributed by atoms with Crippen molar-refractivity contribution in [3.05, 3.63) is 81.2 Å². The fraction of sp³-hybridized carbons (Fsp3) is 0.312. The summed E-state index contributed by atoms with van der Waals surface area (Å²) in [6.07, 6.45) is 21.2. The Morgan fingerprint density at radius 1 is 0.895 bits per heavy atom. The summed E-state index contributed by atoms with van der Waals surface area (Å²) in [6.45, 7) is 5.40. The van der Waals surface area contributed by atoms with Gasteiger partial charge in [0.2, 0.25) is 11.0 Å². The number of thiazole rings is 2. The molecule has 1 atom stereocenters. The first-order chi connectivity index (χ1) is 18.6. The molecule has 0 fully saturated rings. The van der Waals surface area contributed by atoms with Crippen LogP contribution in [-0.2, 0) is 6.54 Å². The summed E-state index contributed by atoms with van der Waals surface area (Å²) in [5.74, 6) is 0.700. The van der Waals surface area contributed by atoms with Gasteiger partial charge in [0, 0.05) is 41.0 Å². The van der Waals surface area contributed by atoms with Gasteiger partial charge in [0.1, 0.15) is 22.2 Å². The lowest BCUT2D eigenvalue weighted by Gasteiger charge is -2.27. The smallest absolute Gasteiger partial charge is 0.182 e. The van der Waals surface area contributed by atoms with Crippen LogP contribution in [0, 0.1) is 12.1 Å². The van der Waals surface area contributed by atoms with Crippen molar-refractivity contribution in [1.82, 2.24) is 0 Å². The minimum atomic E-state index is 0.700. The Labute approximate surface area is 241 Å². The van der Waals surface area contributed by atoms with Crippen molar-refractivity contribution in [3.8, 4) is 0 Å². The van der Waals surface area contributed by atoms with E-state index < -0.39 is 0 Å². The molecule has 0 saturated carbocycles. The van der Waals surface area contributed by atoms with Gasteiger partial charge in [0.25, 0.3) is 9.67 Å². The maximum atomic E-state index is 2.49. The molecule has 2 aromatic carbocycles. The number of hydrogen-bond acceptors (Lipinski definition) is 4. The largest absolute Gasteiger partial charge is 0.268 e. The molecule has 0 amide bonds. The first kappa shape index (κ1) is 26.1. The van der Waals surface area contributed by atoms with Gasteiger partial charge in [-0.2, -0.15) is 8.81 Å². The Kier molecular flexibility index (Phi) is 7.68. The van der Waals surface area contributed by atoms with Crippen LogP contribution in [0.3, 0.4) is 0 Å². The van der Waals surface area contributed by atoms with Crippen LogP contribution >= 0.6 is 46.2 Å². The van der Waals surface area contributed by atoms with Gasteiger partial charge in [0.15, 0.2) is 0 Å². The van der Waals surface area contributed by atoms with Crippen molar-refractivity contribution in [2.24, 2.45) is 5.92 Å². The molecule has 2 nitrogen and oxygen atoms in total. The summed E-state index contributed by atoms with van der Waals surface area (Å²) in [4.78, 5) is 2.65. The summed E-state index contributed by atoms with van der Waals surface area (Å²) in [5, 5.41) is 1.37. The molecule has 0 aliphatic heterocycles. The van der Waals surface area contributed by atoms with Crippen molar-refractivity contribution in [2.45, 2.75) is 55.9 Å². The molecule has 0 N–H and O–H groups in total. The van der Waals surface area contributed by atoms with Crippen LogP contribution in [0.25, 0.3) is 32.6 Å². The third-order valence-electron chi connectivity index (χ3n) is 7.75. The fourth-order valence-corrected chi connectivity index (χ4v) is 8.93. The zero-order valence-corrected chi connectivity index (χ0v) is 25.8. The molecule has 2 aliphatic carbocycles. The summed E-state index contributed by atoms with van der Waals surface area (Å²) in [6, 6.07) is 13.7. The molecule has 0 spiro atoms. The van der Waals surface area contributed by atoms with Gasteiger partial charge in [-0.25, -0.2) is 0 Å². The average Bonchev–Trinajstić information content (AvgIpc) is 3.47. The molecule has 2 aliphatic rings. The maximum Gasteiger partial charge on any atom is 0.268 e. The fourth-order valence-electron chi connectivity index (χ4n) is 5.74. The van der Waals surface area contributed by atoms with E-state index in [9.17, 15) is 0 Å². The molecule has 38 heavy (non-hydrogen) atoms. The monoisotopic (exact) mass is 574 g/mol. The highest BCUT2D eigenvalue weighted by molar-refractivity contribution is 7.98. The minimum absolute atomic E-state index is 0.700. The first-order valence-electron chi connectivity index (χ1n) is 13.4. The van der Waals surface area contributed by atoms with Gasteiger partial charge in [-0.15, -0.1) is 23.5 Å². The van der Waals surface area contributed by atoms with Crippen molar-refractivity contribution in [3.63, 3.8) is 0 Å². The third kappa shape index (κ3) is 4.97. The third-order valence-corrected chi connectivity index (χ3v) is 11.4.